The Balaban J connectivity index is 2.09. The molecule has 1 aromatic heterocycles. The van der Waals surface area contributed by atoms with Crippen molar-refractivity contribution in [1.29, 1.82) is 0 Å². The van der Waals surface area contributed by atoms with E-state index in [9.17, 15) is 4.39 Å². The molecule has 0 atom stereocenters. The number of nitrogens with zero attached hydrogens (tertiary/aromatic N) is 2. The molecule has 0 amide bonds. The summed E-state index contributed by atoms with van der Waals surface area (Å²) in [6.07, 6.45) is 2.64. The molecule has 0 saturated heterocycles. The smallest absolute Gasteiger partial charge is 0.129 e. The predicted molar refractivity (Wildman–Crippen MR) is 80.4 cm³/mol. The first kappa shape index (κ1) is 14.5. The fourth-order valence-corrected chi connectivity index (χ4v) is 2.21. The Labute approximate surface area is 119 Å². The molecule has 2 aromatic rings. The monoisotopic (exact) mass is 273 g/mol. The zero-order chi connectivity index (χ0) is 14.4. The SMILES string of the molecule is CNCc1c(F)cccc1N(C)CCc1ccccn1. The van der Waals surface area contributed by atoms with E-state index in [1.54, 1.807) is 12.3 Å². The van der Waals surface area contributed by atoms with Gasteiger partial charge in [0.2, 0.25) is 0 Å². The van der Waals surface area contributed by atoms with Crippen molar-refractivity contribution in [3.63, 3.8) is 0 Å². The Kier molecular flexibility index (Phi) is 5.07. The van der Waals surface area contributed by atoms with Crippen LogP contribution in [-0.2, 0) is 13.0 Å². The third-order valence-electron chi connectivity index (χ3n) is 3.29. The van der Waals surface area contributed by atoms with Crippen LogP contribution in [0.5, 0.6) is 0 Å². The number of halogens is 1. The van der Waals surface area contributed by atoms with E-state index in [-0.39, 0.29) is 5.82 Å². The van der Waals surface area contributed by atoms with Gasteiger partial charge in [0.25, 0.3) is 0 Å². The van der Waals surface area contributed by atoms with Gasteiger partial charge in [0.15, 0.2) is 0 Å². The molecular weight excluding hydrogens is 253 g/mol. The minimum absolute atomic E-state index is 0.165. The second-order valence-corrected chi connectivity index (χ2v) is 4.76. The highest BCUT2D eigenvalue weighted by Gasteiger charge is 2.11. The van der Waals surface area contributed by atoms with Gasteiger partial charge in [-0.15, -0.1) is 0 Å². The highest BCUT2D eigenvalue weighted by molar-refractivity contribution is 5.53. The van der Waals surface area contributed by atoms with Gasteiger partial charge in [0.05, 0.1) is 0 Å². The topological polar surface area (TPSA) is 28.2 Å². The molecule has 0 fully saturated rings. The average molecular weight is 273 g/mol. The molecule has 0 aliphatic carbocycles. The molecule has 106 valence electrons. The summed E-state index contributed by atoms with van der Waals surface area (Å²) in [5.41, 5.74) is 2.68. The van der Waals surface area contributed by atoms with Gasteiger partial charge in [-0.2, -0.15) is 0 Å². The van der Waals surface area contributed by atoms with Gasteiger partial charge in [-0.05, 0) is 31.3 Å². The van der Waals surface area contributed by atoms with Crippen LogP contribution in [0.25, 0.3) is 0 Å². The summed E-state index contributed by atoms with van der Waals surface area (Å²) >= 11 is 0. The molecule has 0 radical (unpaired) electrons. The van der Waals surface area contributed by atoms with Crippen LogP contribution in [0.15, 0.2) is 42.6 Å². The largest absolute Gasteiger partial charge is 0.374 e. The van der Waals surface area contributed by atoms with E-state index in [1.165, 1.54) is 6.07 Å². The van der Waals surface area contributed by atoms with Gasteiger partial charge >= 0.3 is 0 Å². The second-order valence-electron chi connectivity index (χ2n) is 4.76. The fourth-order valence-electron chi connectivity index (χ4n) is 2.21. The Hall–Kier alpha value is -1.94. The number of benzene rings is 1. The molecule has 20 heavy (non-hydrogen) atoms. The highest BCUT2D eigenvalue weighted by Crippen LogP contribution is 2.22. The molecule has 1 heterocycles. The van der Waals surface area contributed by atoms with E-state index in [2.05, 4.69) is 15.2 Å². The lowest BCUT2D eigenvalue weighted by Gasteiger charge is -2.22. The van der Waals surface area contributed by atoms with Crippen molar-refractivity contribution in [3.05, 3.63) is 59.7 Å². The summed E-state index contributed by atoms with van der Waals surface area (Å²) < 4.78 is 13.9. The third-order valence-corrected chi connectivity index (χ3v) is 3.29. The fraction of sp³-hybridized carbons (Fsp3) is 0.312. The van der Waals surface area contributed by atoms with Crippen molar-refractivity contribution in [1.82, 2.24) is 10.3 Å². The number of pyridine rings is 1. The first-order valence-corrected chi connectivity index (χ1v) is 6.75. The predicted octanol–water partition coefficient (Wildman–Crippen LogP) is 2.62. The van der Waals surface area contributed by atoms with E-state index >= 15 is 0 Å². The number of nitrogens with one attached hydrogen (secondary N) is 1. The molecule has 0 spiro atoms. The molecule has 0 aliphatic rings. The van der Waals surface area contributed by atoms with E-state index < -0.39 is 0 Å². The maximum Gasteiger partial charge on any atom is 0.129 e. The Morgan fingerprint density at radius 2 is 2.05 bits per heavy atom. The van der Waals surface area contributed by atoms with Crippen molar-refractivity contribution >= 4 is 5.69 Å². The molecule has 4 heteroatoms. The van der Waals surface area contributed by atoms with E-state index in [4.69, 9.17) is 0 Å². The molecule has 0 bridgehead atoms. The normalized spacial score (nSPS) is 10.6. The Morgan fingerprint density at radius 1 is 1.20 bits per heavy atom. The van der Waals surface area contributed by atoms with Crippen molar-refractivity contribution in [2.45, 2.75) is 13.0 Å². The van der Waals surface area contributed by atoms with Gasteiger partial charge in [-0.3, -0.25) is 4.98 Å². The van der Waals surface area contributed by atoms with Crippen molar-refractivity contribution in [2.75, 3.05) is 25.5 Å². The Morgan fingerprint density at radius 3 is 2.75 bits per heavy atom. The molecule has 0 unspecified atom stereocenters. The summed E-state index contributed by atoms with van der Waals surface area (Å²) in [7, 11) is 3.81. The minimum Gasteiger partial charge on any atom is -0.374 e. The summed E-state index contributed by atoms with van der Waals surface area (Å²) in [5, 5.41) is 3.01. The van der Waals surface area contributed by atoms with Crippen molar-refractivity contribution in [2.24, 2.45) is 0 Å². The lowest BCUT2D eigenvalue weighted by Crippen LogP contribution is -2.23. The van der Waals surface area contributed by atoms with E-state index in [0.29, 0.717) is 12.1 Å². The summed E-state index contributed by atoms with van der Waals surface area (Å²) in [6.45, 7) is 1.33. The zero-order valence-electron chi connectivity index (χ0n) is 11.9. The lowest BCUT2D eigenvalue weighted by molar-refractivity contribution is 0.599. The van der Waals surface area contributed by atoms with E-state index in [1.807, 2.05) is 38.4 Å². The van der Waals surface area contributed by atoms with Crippen LogP contribution in [0.2, 0.25) is 0 Å². The van der Waals surface area contributed by atoms with Gasteiger partial charge in [-0.1, -0.05) is 12.1 Å². The van der Waals surface area contributed by atoms with Crippen molar-refractivity contribution in [3.8, 4) is 0 Å². The highest BCUT2D eigenvalue weighted by atomic mass is 19.1. The summed E-state index contributed by atoms with van der Waals surface area (Å²) in [5.74, 6) is -0.165. The van der Waals surface area contributed by atoms with E-state index in [0.717, 1.165) is 24.3 Å². The number of rotatable bonds is 6. The number of aromatic nitrogens is 1. The first-order valence-electron chi connectivity index (χ1n) is 6.75. The summed E-state index contributed by atoms with van der Waals surface area (Å²) in [6, 6.07) is 11.1. The number of hydrogen-bond acceptors (Lipinski definition) is 3. The maximum absolute atomic E-state index is 13.9. The standard InChI is InChI=1S/C16H20FN3/c1-18-12-14-15(17)7-5-8-16(14)20(2)11-9-13-6-3-4-10-19-13/h3-8,10,18H,9,11-12H2,1-2H3. The van der Waals surface area contributed by atoms with Crippen LogP contribution in [0, 0.1) is 5.82 Å². The van der Waals surface area contributed by atoms with Crippen LogP contribution in [-0.4, -0.2) is 25.6 Å². The second kappa shape index (κ2) is 7.01. The molecule has 0 aliphatic heterocycles. The Bertz CT molecular complexity index is 543. The van der Waals surface area contributed by atoms with Crippen molar-refractivity contribution < 1.29 is 4.39 Å². The van der Waals surface area contributed by atoms with Crippen LogP contribution < -0.4 is 10.2 Å². The molecular formula is C16H20FN3. The maximum atomic E-state index is 13.9. The molecule has 3 nitrogen and oxygen atoms in total. The molecule has 1 aromatic carbocycles. The lowest BCUT2D eigenvalue weighted by atomic mass is 10.1. The zero-order valence-corrected chi connectivity index (χ0v) is 11.9. The number of anilines is 1. The third kappa shape index (κ3) is 3.54. The van der Waals surface area contributed by atoms with Crippen LogP contribution in [0.4, 0.5) is 10.1 Å². The van der Waals surface area contributed by atoms with Gasteiger partial charge in [0.1, 0.15) is 5.82 Å². The summed E-state index contributed by atoms with van der Waals surface area (Å²) in [4.78, 5) is 6.38. The van der Waals surface area contributed by atoms with Gasteiger partial charge < -0.3 is 10.2 Å². The average Bonchev–Trinajstić information content (AvgIpc) is 2.48. The number of likely N-dealkylation sites (N-methyl/N-ethyl adjacent to an activating group) is 1. The van der Waals surface area contributed by atoms with Crippen LogP contribution >= 0.6 is 0 Å². The quantitative estimate of drug-likeness (QED) is 0.877. The molecule has 0 saturated carbocycles. The molecule has 2 rings (SSSR count). The number of hydrogen-bond donors (Lipinski definition) is 1. The first-order chi connectivity index (χ1) is 9.72. The van der Waals surface area contributed by atoms with Gasteiger partial charge in [-0.25, -0.2) is 4.39 Å². The van der Waals surface area contributed by atoms with Crippen LogP contribution in [0.3, 0.4) is 0 Å². The minimum atomic E-state index is -0.165. The van der Waals surface area contributed by atoms with Gasteiger partial charge in [0, 0.05) is 49.7 Å². The molecule has 1 N–H and O–H groups in total. The van der Waals surface area contributed by atoms with Crippen LogP contribution in [0.1, 0.15) is 11.3 Å².